The predicted molar refractivity (Wildman–Crippen MR) is 48.4 cm³/mol. The summed E-state index contributed by atoms with van der Waals surface area (Å²) in [6.45, 7) is 2.09. The van der Waals surface area contributed by atoms with Gasteiger partial charge < -0.3 is 5.73 Å². The first-order valence-corrected chi connectivity index (χ1v) is 5.85. The van der Waals surface area contributed by atoms with Gasteiger partial charge in [-0.05, 0) is 19.9 Å². The minimum absolute atomic E-state index is 0.0548. The molecule has 0 bridgehead atoms. The van der Waals surface area contributed by atoms with Crippen molar-refractivity contribution in [2.75, 3.05) is 12.3 Å². The van der Waals surface area contributed by atoms with Crippen molar-refractivity contribution in [2.45, 2.75) is 25.8 Å². The smallest absolute Gasteiger partial charge is 0.238 e. The third-order valence-corrected chi connectivity index (χ3v) is 3.99. The molecular weight excluding hydrogens is 192 g/mol. The topological polar surface area (TPSA) is 80.5 Å². The van der Waals surface area contributed by atoms with Crippen LogP contribution in [0.15, 0.2) is 0 Å². The molecule has 5 nitrogen and oxygen atoms in total. The lowest BCUT2D eigenvalue weighted by Crippen LogP contribution is -2.38. The number of hydrogen-bond donors (Lipinski definition) is 1. The molecule has 1 atom stereocenters. The monoisotopic (exact) mass is 206 g/mol. The number of carbonyl (C=O) groups excluding carboxylic acids is 1. The Balaban J connectivity index is 2.82. The van der Waals surface area contributed by atoms with Crippen molar-refractivity contribution >= 4 is 15.9 Å². The molecule has 2 N–H and O–H groups in total. The van der Waals surface area contributed by atoms with Crippen LogP contribution in [0, 0.1) is 0 Å². The van der Waals surface area contributed by atoms with E-state index in [0.29, 0.717) is 13.0 Å². The standard InChI is InChI=1S/C7H14N2O3S/c1-6(2-4-8)9-7(10)3-5-13(9,11)12/h6H,2-5,8H2,1H3. The lowest BCUT2D eigenvalue weighted by atomic mass is 10.2. The summed E-state index contributed by atoms with van der Waals surface area (Å²) in [6, 6.07) is -0.301. The Morgan fingerprint density at radius 2 is 2.23 bits per heavy atom. The summed E-state index contributed by atoms with van der Waals surface area (Å²) in [6.07, 6.45) is 0.627. The molecule has 0 spiro atoms. The van der Waals surface area contributed by atoms with Crippen molar-refractivity contribution in [1.29, 1.82) is 0 Å². The fraction of sp³-hybridized carbons (Fsp3) is 0.857. The van der Waals surface area contributed by atoms with Crippen LogP contribution in [0.3, 0.4) is 0 Å². The van der Waals surface area contributed by atoms with Gasteiger partial charge in [-0.2, -0.15) is 0 Å². The van der Waals surface area contributed by atoms with Gasteiger partial charge in [-0.15, -0.1) is 0 Å². The molecule has 1 aliphatic heterocycles. The molecule has 13 heavy (non-hydrogen) atoms. The fourth-order valence-electron chi connectivity index (χ4n) is 1.46. The van der Waals surface area contributed by atoms with E-state index in [9.17, 15) is 13.2 Å². The third-order valence-electron chi connectivity index (χ3n) is 2.10. The minimum atomic E-state index is -3.33. The van der Waals surface area contributed by atoms with Gasteiger partial charge in [0, 0.05) is 12.5 Å². The summed E-state index contributed by atoms with van der Waals surface area (Å²) < 4.78 is 23.7. The molecule has 0 saturated carbocycles. The minimum Gasteiger partial charge on any atom is -0.330 e. The Labute approximate surface area is 77.9 Å². The maximum atomic E-state index is 11.4. The van der Waals surface area contributed by atoms with Gasteiger partial charge in [0.15, 0.2) is 0 Å². The quantitative estimate of drug-likeness (QED) is 0.661. The van der Waals surface area contributed by atoms with Crippen molar-refractivity contribution in [3.63, 3.8) is 0 Å². The first-order valence-electron chi connectivity index (χ1n) is 4.24. The Kier molecular flexibility index (Phi) is 2.92. The van der Waals surface area contributed by atoms with Crippen LogP contribution in [-0.4, -0.2) is 37.0 Å². The third kappa shape index (κ3) is 2.00. The molecule has 1 aliphatic rings. The van der Waals surface area contributed by atoms with Gasteiger partial charge in [0.25, 0.3) is 0 Å². The molecule has 1 heterocycles. The fourth-order valence-corrected chi connectivity index (χ4v) is 3.14. The summed E-state index contributed by atoms with van der Waals surface area (Å²) in [5, 5.41) is 0. The first-order chi connectivity index (χ1) is 5.99. The highest BCUT2D eigenvalue weighted by Crippen LogP contribution is 2.19. The van der Waals surface area contributed by atoms with Crippen LogP contribution in [0.5, 0.6) is 0 Å². The summed E-state index contributed by atoms with van der Waals surface area (Å²) >= 11 is 0. The lowest BCUT2D eigenvalue weighted by Gasteiger charge is -2.22. The zero-order chi connectivity index (χ0) is 10.1. The van der Waals surface area contributed by atoms with E-state index in [-0.39, 0.29) is 24.1 Å². The first kappa shape index (κ1) is 10.5. The maximum absolute atomic E-state index is 11.4. The largest absolute Gasteiger partial charge is 0.330 e. The van der Waals surface area contributed by atoms with Gasteiger partial charge in [0.05, 0.1) is 5.75 Å². The molecule has 0 aromatic carbocycles. The van der Waals surface area contributed by atoms with Crippen LogP contribution in [0.25, 0.3) is 0 Å². The van der Waals surface area contributed by atoms with E-state index in [1.54, 1.807) is 6.92 Å². The Bertz CT molecular complexity index is 299. The van der Waals surface area contributed by atoms with Gasteiger partial charge in [-0.1, -0.05) is 0 Å². The number of sulfonamides is 1. The lowest BCUT2D eigenvalue weighted by molar-refractivity contribution is -0.126. The van der Waals surface area contributed by atoms with Gasteiger partial charge in [0.1, 0.15) is 0 Å². The number of nitrogens with zero attached hydrogens (tertiary/aromatic N) is 1. The average Bonchev–Trinajstić information content (AvgIpc) is 2.26. The van der Waals surface area contributed by atoms with E-state index >= 15 is 0 Å². The highest BCUT2D eigenvalue weighted by molar-refractivity contribution is 7.90. The van der Waals surface area contributed by atoms with Gasteiger partial charge >= 0.3 is 0 Å². The van der Waals surface area contributed by atoms with Crippen LogP contribution < -0.4 is 5.73 Å². The van der Waals surface area contributed by atoms with Crippen LogP contribution in [0.1, 0.15) is 19.8 Å². The summed E-state index contributed by atoms with van der Waals surface area (Å²) in [7, 11) is -3.33. The van der Waals surface area contributed by atoms with Gasteiger partial charge in [-0.3, -0.25) is 4.79 Å². The second kappa shape index (κ2) is 3.63. The number of rotatable bonds is 3. The second-order valence-corrected chi connectivity index (χ2v) is 5.15. The van der Waals surface area contributed by atoms with Crippen LogP contribution in [0.4, 0.5) is 0 Å². The molecule has 1 fully saturated rings. The Hall–Kier alpha value is -0.620. The van der Waals surface area contributed by atoms with Crippen LogP contribution in [-0.2, 0) is 14.8 Å². The summed E-state index contributed by atoms with van der Waals surface area (Å²) in [5.41, 5.74) is 5.30. The molecule has 6 heteroatoms. The molecule has 76 valence electrons. The highest BCUT2D eigenvalue weighted by Gasteiger charge is 2.37. The molecule has 1 unspecified atom stereocenters. The molecule has 0 radical (unpaired) electrons. The summed E-state index contributed by atoms with van der Waals surface area (Å²) in [4.78, 5) is 11.2. The van der Waals surface area contributed by atoms with Crippen molar-refractivity contribution in [3.05, 3.63) is 0 Å². The number of carbonyl (C=O) groups is 1. The van der Waals surface area contributed by atoms with Crippen molar-refractivity contribution in [3.8, 4) is 0 Å². The van der Waals surface area contributed by atoms with Crippen molar-refractivity contribution < 1.29 is 13.2 Å². The van der Waals surface area contributed by atoms with Gasteiger partial charge in [-0.25, -0.2) is 12.7 Å². The van der Waals surface area contributed by atoms with E-state index in [1.165, 1.54) is 0 Å². The molecule has 0 aliphatic carbocycles. The van der Waals surface area contributed by atoms with Crippen molar-refractivity contribution in [2.24, 2.45) is 5.73 Å². The Morgan fingerprint density at radius 1 is 1.62 bits per heavy atom. The zero-order valence-electron chi connectivity index (χ0n) is 7.56. The van der Waals surface area contributed by atoms with Crippen LogP contribution >= 0.6 is 0 Å². The number of amides is 1. The summed E-state index contributed by atoms with van der Waals surface area (Å²) in [5.74, 6) is -0.359. The van der Waals surface area contributed by atoms with E-state index in [2.05, 4.69) is 0 Å². The normalized spacial score (nSPS) is 23.5. The molecular formula is C7H14N2O3S. The molecule has 0 aromatic rings. The predicted octanol–water partition coefficient (Wildman–Crippen LogP) is -0.714. The molecule has 1 rings (SSSR count). The van der Waals surface area contributed by atoms with Gasteiger partial charge in [0.2, 0.25) is 15.9 Å². The van der Waals surface area contributed by atoms with E-state index in [1.807, 2.05) is 0 Å². The maximum Gasteiger partial charge on any atom is 0.238 e. The number of hydrogen-bond acceptors (Lipinski definition) is 4. The van der Waals surface area contributed by atoms with Crippen molar-refractivity contribution in [1.82, 2.24) is 4.31 Å². The Morgan fingerprint density at radius 3 is 2.62 bits per heavy atom. The highest BCUT2D eigenvalue weighted by atomic mass is 32.2. The zero-order valence-corrected chi connectivity index (χ0v) is 8.38. The SMILES string of the molecule is CC(CCN)N1C(=O)CCS1(=O)=O. The molecule has 1 amide bonds. The van der Waals surface area contributed by atoms with Crippen LogP contribution in [0.2, 0.25) is 0 Å². The second-order valence-electron chi connectivity index (χ2n) is 3.18. The van der Waals surface area contributed by atoms with E-state index in [4.69, 9.17) is 5.73 Å². The van der Waals surface area contributed by atoms with E-state index < -0.39 is 10.0 Å². The number of nitrogens with two attached hydrogens (primary N) is 1. The molecule has 0 aromatic heterocycles. The molecule has 1 saturated heterocycles. The van der Waals surface area contributed by atoms with E-state index in [0.717, 1.165) is 4.31 Å². The average molecular weight is 206 g/mol.